The number of nitrogens with zero attached hydrogens (tertiary/aromatic N) is 7. The van der Waals surface area contributed by atoms with Crippen LogP contribution < -0.4 is 10.5 Å². The summed E-state index contributed by atoms with van der Waals surface area (Å²) >= 11 is 0. The second-order valence-electron chi connectivity index (χ2n) is 8.29. The van der Waals surface area contributed by atoms with E-state index in [4.69, 9.17) is 4.74 Å². The van der Waals surface area contributed by atoms with Crippen LogP contribution in [0.1, 0.15) is 17.5 Å². The fourth-order valence-corrected chi connectivity index (χ4v) is 3.95. The number of aryl methyl sites for hydroxylation is 2. The van der Waals surface area contributed by atoms with Crippen LogP contribution in [0, 0.1) is 18.6 Å². The van der Waals surface area contributed by atoms with Crippen molar-refractivity contribution in [3.8, 4) is 11.3 Å². The van der Waals surface area contributed by atoms with Crippen LogP contribution in [0.2, 0.25) is 0 Å². The summed E-state index contributed by atoms with van der Waals surface area (Å²) in [5, 5.41) is 4.00. The van der Waals surface area contributed by atoms with Gasteiger partial charge in [-0.2, -0.15) is 13.9 Å². The molecule has 0 unspecified atom stereocenters. The number of rotatable bonds is 3. The van der Waals surface area contributed by atoms with E-state index >= 15 is 0 Å². The Bertz CT molecular complexity index is 1520. The second-order valence-corrected chi connectivity index (χ2v) is 8.29. The molecule has 4 aromatic rings. The monoisotopic (exact) mass is 489 g/mol. The predicted octanol–water partition coefficient (Wildman–Crippen LogP) is 2.88. The minimum Gasteiger partial charge on any atom is -0.329 e. The number of halogens is 4. The lowest BCUT2D eigenvalue weighted by atomic mass is 10.1. The standard InChI is InChI=1S/C22H19F4N7O2/c1-11-28-18-17(14-5-4-13(23)6-15(14)24)29-21(30-19(18)20(34)32(11)3)33-9-16(35-22(25,26)10-33)12-7-27-31(2)8-12/h4-8,16H,9-10H2,1-3H3/t16-/m1/s1. The summed E-state index contributed by atoms with van der Waals surface area (Å²) in [5.41, 5.74) is -0.627. The van der Waals surface area contributed by atoms with E-state index in [1.807, 2.05) is 0 Å². The molecule has 5 rings (SSSR count). The summed E-state index contributed by atoms with van der Waals surface area (Å²) in [4.78, 5) is 27.1. The largest absolute Gasteiger partial charge is 0.373 e. The molecule has 1 saturated heterocycles. The number of benzene rings is 1. The molecule has 0 radical (unpaired) electrons. The SMILES string of the molecule is Cc1nc2c(-c3ccc(F)cc3F)nc(N3C[C@H](c4cnn(C)c4)OC(F)(F)C3)nc2c(=O)n1C. The molecule has 0 spiro atoms. The Balaban J connectivity index is 1.71. The molecule has 182 valence electrons. The van der Waals surface area contributed by atoms with Crippen LogP contribution in [0.15, 0.2) is 35.4 Å². The fourth-order valence-electron chi connectivity index (χ4n) is 3.95. The zero-order valence-electron chi connectivity index (χ0n) is 18.8. The Morgan fingerprint density at radius 3 is 2.57 bits per heavy atom. The van der Waals surface area contributed by atoms with Crippen molar-refractivity contribution in [2.45, 2.75) is 19.1 Å². The summed E-state index contributed by atoms with van der Waals surface area (Å²) in [6, 6.07) is 2.84. The normalized spacial score (nSPS) is 17.8. The van der Waals surface area contributed by atoms with Gasteiger partial charge in [0.1, 0.15) is 41.3 Å². The van der Waals surface area contributed by atoms with Crippen molar-refractivity contribution in [3.05, 3.63) is 64.0 Å². The zero-order valence-corrected chi connectivity index (χ0v) is 18.8. The topological polar surface area (TPSA) is 91.0 Å². The van der Waals surface area contributed by atoms with Gasteiger partial charge in [-0.05, 0) is 19.1 Å². The Morgan fingerprint density at radius 1 is 1.11 bits per heavy atom. The fraction of sp³-hybridized carbons (Fsp3) is 0.318. The molecule has 0 amide bonds. The van der Waals surface area contributed by atoms with Gasteiger partial charge in [-0.25, -0.2) is 23.7 Å². The highest BCUT2D eigenvalue weighted by Crippen LogP contribution is 2.36. The van der Waals surface area contributed by atoms with Crippen molar-refractivity contribution < 1.29 is 22.3 Å². The highest BCUT2D eigenvalue weighted by atomic mass is 19.3. The second kappa shape index (κ2) is 8.12. The Kier molecular flexibility index (Phi) is 5.31. The molecular formula is C22H19F4N7O2. The molecule has 3 aromatic heterocycles. The van der Waals surface area contributed by atoms with Gasteiger partial charge in [0.2, 0.25) is 5.95 Å². The van der Waals surface area contributed by atoms with Crippen LogP contribution in [0.5, 0.6) is 0 Å². The quantitative estimate of drug-likeness (QED) is 0.409. The molecule has 1 aromatic carbocycles. The number of hydrogen-bond acceptors (Lipinski definition) is 7. The number of hydrogen-bond donors (Lipinski definition) is 0. The lowest BCUT2D eigenvalue weighted by Crippen LogP contribution is -2.48. The minimum atomic E-state index is -3.57. The molecule has 9 nitrogen and oxygen atoms in total. The van der Waals surface area contributed by atoms with Crippen LogP contribution in [-0.4, -0.2) is 48.5 Å². The van der Waals surface area contributed by atoms with Gasteiger partial charge in [0.05, 0.1) is 12.7 Å². The number of aromatic nitrogens is 6. The minimum absolute atomic E-state index is 0.0244. The highest BCUT2D eigenvalue weighted by Gasteiger charge is 2.43. The van der Waals surface area contributed by atoms with Crippen molar-refractivity contribution in [2.24, 2.45) is 14.1 Å². The number of alkyl halides is 2. The van der Waals surface area contributed by atoms with Gasteiger partial charge in [-0.3, -0.25) is 14.0 Å². The van der Waals surface area contributed by atoms with Crippen molar-refractivity contribution in [1.29, 1.82) is 0 Å². The molecular weight excluding hydrogens is 470 g/mol. The van der Waals surface area contributed by atoms with E-state index in [-0.39, 0.29) is 34.8 Å². The third-order valence-corrected chi connectivity index (χ3v) is 5.78. The van der Waals surface area contributed by atoms with E-state index in [0.29, 0.717) is 17.5 Å². The molecule has 0 bridgehead atoms. The lowest BCUT2D eigenvalue weighted by molar-refractivity contribution is -0.269. The molecule has 1 aliphatic rings. The Morgan fingerprint density at radius 2 is 1.89 bits per heavy atom. The highest BCUT2D eigenvalue weighted by molar-refractivity contribution is 5.89. The van der Waals surface area contributed by atoms with E-state index in [9.17, 15) is 22.4 Å². The van der Waals surface area contributed by atoms with E-state index in [1.165, 1.54) is 22.5 Å². The molecule has 35 heavy (non-hydrogen) atoms. The number of morpholine rings is 1. The summed E-state index contributed by atoms with van der Waals surface area (Å²) in [7, 11) is 3.12. The van der Waals surface area contributed by atoms with Crippen LogP contribution in [0.3, 0.4) is 0 Å². The summed E-state index contributed by atoms with van der Waals surface area (Å²) in [6.07, 6.45) is -1.69. The molecule has 1 fully saturated rings. The molecule has 1 aliphatic heterocycles. The number of fused-ring (bicyclic) bond motifs is 1. The van der Waals surface area contributed by atoms with Crippen LogP contribution in [0.4, 0.5) is 23.5 Å². The first-order chi connectivity index (χ1) is 16.5. The molecule has 0 N–H and O–H groups in total. The van der Waals surface area contributed by atoms with Crippen molar-refractivity contribution in [1.82, 2.24) is 29.3 Å². The Hall–Kier alpha value is -3.87. The van der Waals surface area contributed by atoms with Gasteiger partial charge in [-0.1, -0.05) is 0 Å². The van der Waals surface area contributed by atoms with E-state index < -0.39 is 36.0 Å². The lowest BCUT2D eigenvalue weighted by Gasteiger charge is -2.37. The third kappa shape index (κ3) is 4.11. The molecule has 4 heterocycles. The maximum Gasteiger partial charge on any atom is 0.373 e. The predicted molar refractivity (Wildman–Crippen MR) is 117 cm³/mol. The number of anilines is 1. The maximum absolute atomic E-state index is 14.8. The first-order valence-corrected chi connectivity index (χ1v) is 10.5. The summed E-state index contributed by atoms with van der Waals surface area (Å²) in [5.74, 6) is -1.69. The zero-order chi connectivity index (χ0) is 25.1. The third-order valence-electron chi connectivity index (χ3n) is 5.78. The van der Waals surface area contributed by atoms with Crippen molar-refractivity contribution >= 4 is 17.0 Å². The Labute approximate surface area is 195 Å². The van der Waals surface area contributed by atoms with Crippen LogP contribution in [0.25, 0.3) is 22.3 Å². The van der Waals surface area contributed by atoms with Gasteiger partial charge in [0.25, 0.3) is 5.56 Å². The van der Waals surface area contributed by atoms with Gasteiger partial charge in [-0.15, -0.1) is 0 Å². The summed E-state index contributed by atoms with van der Waals surface area (Å²) < 4.78 is 65.2. The molecule has 1 atom stereocenters. The van der Waals surface area contributed by atoms with Crippen LogP contribution in [-0.2, 0) is 18.8 Å². The van der Waals surface area contributed by atoms with Gasteiger partial charge < -0.3 is 9.64 Å². The average Bonchev–Trinajstić information content (AvgIpc) is 3.23. The summed E-state index contributed by atoms with van der Waals surface area (Å²) in [6.45, 7) is 0.582. The first-order valence-electron chi connectivity index (χ1n) is 10.5. The average molecular weight is 489 g/mol. The van der Waals surface area contributed by atoms with Gasteiger partial charge in [0.15, 0.2) is 5.52 Å². The first kappa shape index (κ1) is 22.9. The smallest absolute Gasteiger partial charge is 0.329 e. The van der Waals surface area contributed by atoms with Gasteiger partial charge in [0, 0.05) is 37.5 Å². The molecule has 0 aliphatic carbocycles. The number of ether oxygens (including phenoxy) is 1. The van der Waals surface area contributed by atoms with E-state index in [1.54, 1.807) is 20.2 Å². The van der Waals surface area contributed by atoms with Crippen molar-refractivity contribution in [2.75, 3.05) is 18.0 Å². The van der Waals surface area contributed by atoms with E-state index in [2.05, 4.69) is 20.1 Å². The maximum atomic E-state index is 14.8. The van der Waals surface area contributed by atoms with Crippen molar-refractivity contribution in [3.63, 3.8) is 0 Å². The molecule has 0 saturated carbocycles. The van der Waals surface area contributed by atoms with E-state index in [0.717, 1.165) is 17.0 Å². The molecule has 13 heteroatoms. The van der Waals surface area contributed by atoms with Gasteiger partial charge >= 0.3 is 6.11 Å². The van der Waals surface area contributed by atoms with Crippen LogP contribution >= 0.6 is 0 Å².